The molecule has 3 nitrogen and oxygen atoms in total. The van der Waals surface area contributed by atoms with E-state index in [4.69, 9.17) is 11.6 Å². The average molecular weight is 277 g/mol. The zero-order chi connectivity index (χ0) is 13.7. The van der Waals surface area contributed by atoms with Crippen LogP contribution in [0, 0.1) is 0 Å². The number of halogens is 1. The van der Waals surface area contributed by atoms with E-state index in [0.29, 0.717) is 11.6 Å². The Bertz CT molecular complexity index is 519. The van der Waals surface area contributed by atoms with Crippen molar-refractivity contribution in [1.29, 1.82) is 0 Å². The first-order valence-corrected chi connectivity index (χ1v) is 6.62. The summed E-state index contributed by atoms with van der Waals surface area (Å²) in [6.07, 6.45) is 2.91. The van der Waals surface area contributed by atoms with Crippen LogP contribution in [0.25, 0.3) is 0 Å². The first-order valence-electron chi connectivity index (χ1n) is 6.24. The van der Waals surface area contributed by atoms with Crippen molar-refractivity contribution in [1.82, 2.24) is 10.3 Å². The molecule has 0 aliphatic heterocycles. The minimum absolute atomic E-state index is 0.153. The second kappa shape index (κ2) is 6.66. The van der Waals surface area contributed by atoms with Crippen LogP contribution >= 0.6 is 11.6 Å². The third-order valence-corrected chi connectivity index (χ3v) is 3.43. The molecule has 0 fully saturated rings. The Morgan fingerprint density at radius 3 is 2.58 bits per heavy atom. The Morgan fingerprint density at radius 2 is 1.89 bits per heavy atom. The van der Waals surface area contributed by atoms with Gasteiger partial charge in [0, 0.05) is 35.6 Å². The van der Waals surface area contributed by atoms with E-state index < -0.39 is 6.10 Å². The van der Waals surface area contributed by atoms with Gasteiger partial charge in [0.1, 0.15) is 0 Å². The van der Waals surface area contributed by atoms with Crippen molar-refractivity contribution in [2.75, 3.05) is 6.54 Å². The summed E-state index contributed by atoms with van der Waals surface area (Å²) in [6.45, 7) is 2.50. The van der Waals surface area contributed by atoms with E-state index >= 15 is 0 Å². The topological polar surface area (TPSA) is 45.1 Å². The lowest BCUT2D eigenvalue weighted by Crippen LogP contribution is -2.24. The molecule has 0 spiro atoms. The monoisotopic (exact) mass is 276 g/mol. The summed E-state index contributed by atoms with van der Waals surface area (Å²) in [5, 5.41) is 14.0. The van der Waals surface area contributed by atoms with Gasteiger partial charge in [0.2, 0.25) is 0 Å². The highest BCUT2D eigenvalue weighted by Crippen LogP contribution is 2.22. The van der Waals surface area contributed by atoms with Gasteiger partial charge >= 0.3 is 0 Å². The van der Waals surface area contributed by atoms with Gasteiger partial charge in [0.25, 0.3) is 0 Å². The first-order chi connectivity index (χ1) is 9.18. The standard InChI is InChI=1S/C15H17ClN2O/c1-11(12-6-8-17-9-7-12)18-10-15(19)13-4-2-3-5-14(13)16/h2-9,11,15,18-19H,10H2,1H3/t11-,15?/m0/s1. The maximum absolute atomic E-state index is 10.1. The van der Waals surface area contributed by atoms with Crippen LogP contribution < -0.4 is 5.32 Å². The molecule has 19 heavy (non-hydrogen) atoms. The molecule has 2 N–H and O–H groups in total. The number of hydrogen-bond donors (Lipinski definition) is 2. The summed E-state index contributed by atoms with van der Waals surface area (Å²) < 4.78 is 0. The van der Waals surface area contributed by atoms with Gasteiger partial charge in [-0.1, -0.05) is 29.8 Å². The predicted octanol–water partition coefficient (Wildman–Crippen LogP) is 3.12. The quantitative estimate of drug-likeness (QED) is 0.882. The normalized spacial score (nSPS) is 14.1. The Morgan fingerprint density at radius 1 is 1.21 bits per heavy atom. The van der Waals surface area contributed by atoms with Crippen molar-refractivity contribution in [2.45, 2.75) is 19.1 Å². The fraction of sp³-hybridized carbons (Fsp3) is 0.267. The molecule has 0 radical (unpaired) electrons. The summed E-state index contributed by atoms with van der Waals surface area (Å²) in [5.41, 5.74) is 1.89. The van der Waals surface area contributed by atoms with Crippen molar-refractivity contribution in [3.63, 3.8) is 0 Å². The second-order valence-corrected chi connectivity index (χ2v) is 4.85. The maximum atomic E-state index is 10.1. The van der Waals surface area contributed by atoms with Gasteiger partial charge in [-0.3, -0.25) is 4.98 Å². The van der Waals surface area contributed by atoms with Crippen LogP contribution in [0.2, 0.25) is 5.02 Å². The smallest absolute Gasteiger partial charge is 0.0928 e. The molecule has 100 valence electrons. The van der Waals surface area contributed by atoms with Crippen LogP contribution in [0.3, 0.4) is 0 Å². The van der Waals surface area contributed by atoms with Crippen LogP contribution in [0.5, 0.6) is 0 Å². The highest BCUT2D eigenvalue weighted by molar-refractivity contribution is 6.31. The van der Waals surface area contributed by atoms with Crippen LogP contribution in [-0.2, 0) is 0 Å². The number of aromatic nitrogens is 1. The predicted molar refractivity (Wildman–Crippen MR) is 77.1 cm³/mol. The fourth-order valence-corrected chi connectivity index (χ4v) is 2.18. The van der Waals surface area contributed by atoms with E-state index in [0.717, 1.165) is 11.1 Å². The first kappa shape index (κ1) is 14.0. The molecule has 2 aromatic rings. The van der Waals surface area contributed by atoms with Gasteiger partial charge < -0.3 is 10.4 Å². The molecule has 4 heteroatoms. The summed E-state index contributed by atoms with van der Waals surface area (Å²) in [6, 6.07) is 11.4. The molecule has 0 saturated carbocycles. The molecule has 1 aromatic carbocycles. The highest BCUT2D eigenvalue weighted by Gasteiger charge is 2.12. The van der Waals surface area contributed by atoms with Crippen molar-refractivity contribution < 1.29 is 5.11 Å². The van der Waals surface area contributed by atoms with Gasteiger partial charge in [-0.15, -0.1) is 0 Å². The largest absolute Gasteiger partial charge is 0.387 e. The lowest BCUT2D eigenvalue weighted by Gasteiger charge is -2.18. The summed E-state index contributed by atoms with van der Waals surface area (Å²) >= 11 is 6.06. The highest BCUT2D eigenvalue weighted by atomic mass is 35.5. The number of hydrogen-bond acceptors (Lipinski definition) is 3. The molecular weight excluding hydrogens is 260 g/mol. The van der Waals surface area contributed by atoms with Gasteiger partial charge in [0.05, 0.1) is 6.10 Å². The average Bonchev–Trinajstić information content (AvgIpc) is 2.46. The van der Waals surface area contributed by atoms with Crippen molar-refractivity contribution in [3.05, 3.63) is 64.9 Å². The van der Waals surface area contributed by atoms with Gasteiger partial charge in [-0.05, 0) is 30.7 Å². The Labute approximate surface area is 118 Å². The minimum atomic E-state index is -0.613. The zero-order valence-corrected chi connectivity index (χ0v) is 11.5. The molecular formula is C15H17ClN2O. The molecule has 0 amide bonds. The van der Waals surface area contributed by atoms with Crippen LogP contribution in [0.4, 0.5) is 0 Å². The van der Waals surface area contributed by atoms with E-state index in [-0.39, 0.29) is 6.04 Å². The number of aliphatic hydroxyl groups excluding tert-OH is 1. The number of rotatable bonds is 5. The Balaban J connectivity index is 1.94. The minimum Gasteiger partial charge on any atom is -0.387 e. The lowest BCUT2D eigenvalue weighted by molar-refractivity contribution is 0.171. The summed E-state index contributed by atoms with van der Waals surface area (Å²) in [4.78, 5) is 3.99. The molecule has 0 bridgehead atoms. The van der Waals surface area contributed by atoms with E-state index in [1.807, 2.05) is 30.3 Å². The van der Waals surface area contributed by atoms with Gasteiger partial charge in [0.15, 0.2) is 0 Å². The van der Waals surface area contributed by atoms with E-state index in [2.05, 4.69) is 17.2 Å². The molecule has 0 aliphatic rings. The zero-order valence-electron chi connectivity index (χ0n) is 10.8. The third-order valence-electron chi connectivity index (χ3n) is 3.09. The maximum Gasteiger partial charge on any atom is 0.0928 e. The molecule has 1 aromatic heterocycles. The fourth-order valence-electron chi connectivity index (χ4n) is 1.91. The molecule has 0 aliphatic carbocycles. The molecule has 0 saturated heterocycles. The third kappa shape index (κ3) is 3.77. The van der Waals surface area contributed by atoms with Gasteiger partial charge in [-0.2, -0.15) is 0 Å². The number of nitrogens with zero attached hydrogens (tertiary/aromatic N) is 1. The van der Waals surface area contributed by atoms with Gasteiger partial charge in [-0.25, -0.2) is 0 Å². The SMILES string of the molecule is C[C@H](NCC(O)c1ccccc1Cl)c1ccncc1. The van der Waals surface area contributed by atoms with E-state index in [9.17, 15) is 5.11 Å². The van der Waals surface area contributed by atoms with E-state index in [1.165, 1.54) is 0 Å². The molecule has 1 unspecified atom stereocenters. The molecule has 1 heterocycles. The summed E-state index contributed by atoms with van der Waals surface area (Å²) in [5.74, 6) is 0. The number of pyridine rings is 1. The Kier molecular flexibility index (Phi) is 4.91. The second-order valence-electron chi connectivity index (χ2n) is 4.45. The van der Waals surface area contributed by atoms with Crippen LogP contribution in [-0.4, -0.2) is 16.6 Å². The molecule has 2 rings (SSSR count). The lowest BCUT2D eigenvalue weighted by atomic mass is 10.1. The summed E-state index contributed by atoms with van der Waals surface area (Å²) in [7, 11) is 0. The van der Waals surface area contributed by atoms with Crippen molar-refractivity contribution in [2.24, 2.45) is 0 Å². The van der Waals surface area contributed by atoms with Crippen molar-refractivity contribution in [3.8, 4) is 0 Å². The number of benzene rings is 1. The van der Waals surface area contributed by atoms with Crippen molar-refractivity contribution >= 4 is 11.6 Å². The van der Waals surface area contributed by atoms with E-state index in [1.54, 1.807) is 18.5 Å². The molecule has 2 atom stereocenters. The number of aliphatic hydroxyl groups is 1. The number of nitrogens with one attached hydrogen (secondary N) is 1. The van der Waals surface area contributed by atoms with Crippen LogP contribution in [0.15, 0.2) is 48.8 Å². The van der Waals surface area contributed by atoms with Crippen LogP contribution in [0.1, 0.15) is 30.2 Å². The Hall–Kier alpha value is -1.42.